The molecule has 1 aromatic carbocycles. The molecule has 0 spiro atoms. The molecule has 1 heterocycles. The lowest BCUT2D eigenvalue weighted by Gasteiger charge is -2.15. The number of rotatable bonds is 4. The van der Waals surface area contributed by atoms with Crippen LogP contribution in [0.2, 0.25) is 0 Å². The highest BCUT2D eigenvalue weighted by atomic mass is 16.5. The summed E-state index contributed by atoms with van der Waals surface area (Å²) in [6.07, 6.45) is 2.16. The van der Waals surface area contributed by atoms with Gasteiger partial charge in [-0.25, -0.2) is 0 Å². The maximum atomic E-state index is 11.8. The monoisotopic (exact) mass is 249 g/mol. The Balaban J connectivity index is 1.76. The number of ether oxygens (including phenoxy) is 1. The molecule has 2 atom stereocenters. The van der Waals surface area contributed by atoms with Crippen molar-refractivity contribution in [2.45, 2.75) is 38.3 Å². The average Bonchev–Trinajstić information content (AvgIpc) is 2.74. The minimum absolute atomic E-state index is 0.0606. The maximum absolute atomic E-state index is 11.8. The molecule has 2 rings (SSSR count). The largest absolute Gasteiger partial charge is 0.508 e. The molecule has 0 aliphatic carbocycles. The first-order valence-electron chi connectivity index (χ1n) is 6.34. The minimum Gasteiger partial charge on any atom is -0.508 e. The van der Waals surface area contributed by atoms with Crippen LogP contribution in [0.1, 0.15) is 25.3 Å². The van der Waals surface area contributed by atoms with Crippen molar-refractivity contribution < 1.29 is 14.6 Å². The van der Waals surface area contributed by atoms with Crippen LogP contribution in [0.4, 0.5) is 0 Å². The van der Waals surface area contributed by atoms with Crippen LogP contribution in [-0.4, -0.2) is 29.8 Å². The van der Waals surface area contributed by atoms with Crippen LogP contribution < -0.4 is 5.32 Å². The first kappa shape index (κ1) is 12.9. The fourth-order valence-electron chi connectivity index (χ4n) is 2.12. The number of carbonyl (C=O) groups is 1. The molecule has 1 aliphatic rings. The fourth-order valence-corrected chi connectivity index (χ4v) is 2.12. The van der Waals surface area contributed by atoms with Crippen LogP contribution in [0, 0.1) is 0 Å². The van der Waals surface area contributed by atoms with Gasteiger partial charge in [0.1, 0.15) is 5.75 Å². The Labute approximate surface area is 107 Å². The van der Waals surface area contributed by atoms with Crippen LogP contribution in [0.3, 0.4) is 0 Å². The Bertz CT molecular complexity index is 402. The number of phenols is 1. The summed E-state index contributed by atoms with van der Waals surface area (Å²) in [6.45, 7) is 2.71. The first-order valence-corrected chi connectivity index (χ1v) is 6.34. The predicted octanol–water partition coefficient (Wildman–Crippen LogP) is 1.62. The summed E-state index contributed by atoms with van der Waals surface area (Å²) in [6, 6.07) is 7.10. The number of carbonyl (C=O) groups excluding carboxylic acids is 1. The van der Waals surface area contributed by atoms with Gasteiger partial charge in [-0.3, -0.25) is 4.79 Å². The second kappa shape index (κ2) is 5.87. The van der Waals surface area contributed by atoms with Crippen LogP contribution in [0.5, 0.6) is 5.75 Å². The summed E-state index contributed by atoms with van der Waals surface area (Å²) in [5, 5.41) is 12.2. The molecule has 4 nitrogen and oxygen atoms in total. The number of hydrogen-bond donors (Lipinski definition) is 2. The molecule has 0 bridgehead atoms. The van der Waals surface area contributed by atoms with E-state index in [1.165, 1.54) is 0 Å². The first-order chi connectivity index (χ1) is 8.65. The summed E-state index contributed by atoms with van der Waals surface area (Å²) >= 11 is 0. The molecule has 1 saturated heterocycles. The van der Waals surface area contributed by atoms with Gasteiger partial charge in [-0.1, -0.05) is 12.1 Å². The third kappa shape index (κ3) is 3.47. The number of benzene rings is 1. The number of nitrogens with one attached hydrogen (secondary N) is 1. The van der Waals surface area contributed by atoms with Gasteiger partial charge >= 0.3 is 0 Å². The molecule has 2 N–H and O–H groups in total. The zero-order chi connectivity index (χ0) is 13.0. The van der Waals surface area contributed by atoms with Crippen molar-refractivity contribution in [2.75, 3.05) is 6.61 Å². The van der Waals surface area contributed by atoms with Gasteiger partial charge in [-0.15, -0.1) is 0 Å². The van der Waals surface area contributed by atoms with E-state index >= 15 is 0 Å². The SMILES string of the molecule is C[C@@H]1OCC[C@H]1NC(=O)CCc1ccc(O)cc1. The zero-order valence-electron chi connectivity index (χ0n) is 10.6. The Morgan fingerprint density at radius 1 is 1.44 bits per heavy atom. The number of amides is 1. The van der Waals surface area contributed by atoms with Crippen LogP contribution in [0.25, 0.3) is 0 Å². The Morgan fingerprint density at radius 2 is 2.17 bits per heavy atom. The number of aromatic hydroxyl groups is 1. The second-order valence-corrected chi connectivity index (χ2v) is 4.71. The molecule has 1 fully saturated rings. The molecule has 0 radical (unpaired) electrons. The quantitative estimate of drug-likeness (QED) is 0.852. The topological polar surface area (TPSA) is 58.6 Å². The van der Waals surface area contributed by atoms with E-state index in [0.29, 0.717) is 12.8 Å². The molecule has 4 heteroatoms. The van der Waals surface area contributed by atoms with E-state index in [4.69, 9.17) is 9.84 Å². The summed E-state index contributed by atoms with van der Waals surface area (Å²) in [5.41, 5.74) is 1.05. The van der Waals surface area contributed by atoms with Crippen molar-refractivity contribution in [1.82, 2.24) is 5.32 Å². The molecular formula is C14H19NO3. The van der Waals surface area contributed by atoms with Crippen LogP contribution in [-0.2, 0) is 16.0 Å². The van der Waals surface area contributed by atoms with Gasteiger partial charge in [0.25, 0.3) is 0 Å². The van der Waals surface area contributed by atoms with Gasteiger partial charge in [0.15, 0.2) is 0 Å². The fraction of sp³-hybridized carbons (Fsp3) is 0.500. The summed E-state index contributed by atoms with van der Waals surface area (Å²) < 4.78 is 5.40. The summed E-state index contributed by atoms with van der Waals surface area (Å²) in [5.74, 6) is 0.311. The van der Waals surface area contributed by atoms with E-state index in [2.05, 4.69) is 5.32 Å². The van der Waals surface area contributed by atoms with Crippen molar-refractivity contribution in [1.29, 1.82) is 0 Å². The third-order valence-corrected chi connectivity index (χ3v) is 3.30. The standard InChI is InChI=1S/C14H19NO3/c1-10-13(8-9-18-10)15-14(17)7-4-11-2-5-12(16)6-3-11/h2-3,5-6,10,13,16H,4,7-9H2,1H3,(H,15,17)/t10-,13+/m0/s1. The molecule has 0 saturated carbocycles. The third-order valence-electron chi connectivity index (χ3n) is 3.30. The number of phenolic OH excluding ortho intramolecular Hbond substituents is 1. The molecule has 98 valence electrons. The summed E-state index contributed by atoms with van der Waals surface area (Å²) in [4.78, 5) is 11.8. The van der Waals surface area contributed by atoms with E-state index < -0.39 is 0 Å². The smallest absolute Gasteiger partial charge is 0.220 e. The van der Waals surface area contributed by atoms with Crippen LogP contribution in [0.15, 0.2) is 24.3 Å². The van der Waals surface area contributed by atoms with Crippen molar-refractivity contribution in [3.8, 4) is 5.75 Å². The molecule has 1 amide bonds. The zero-order valence-corrected chi connectivity index (χ0v) is 10.6. The molecular weight excluding hydrogens is 230 g/mol. The van der Waals surface area contributed by atoms with E-state index in [1.807, 2.05) is 19.1 Å². The van der Waals surface area contributed by atoms with E-state index in [9.17, 15) is 4.79 Å². The van der Waals surface area contributed by atoms with Gasteiger partial charge in [0, 0.05) is 13.0 Å². The molecule has 0 aromatic heterocycles. The molecule has 18 heavy (non-hydrogen) atoms. The van der Waals surface area contributed by atoms with Gasteiger partial charge < -0.3 is 15.2 Å². The van der Waals surface area contributed by atoms with Crippen molar-refractivity contribution in [3.05, 3.63) is 29.8 Å². The van der Waals surface area contributed by atoms with Crippen molar-refractivity contribution in [3.63, 3.8) is 0 Å². The van der Waals surface area contributed by atoms with E-state index in [-0.39, 0.29) is 23.8 Å². The Kier molecular flexibility index (Phi) is 4.20. The highest BCUT2D eigenvalue weighted by molar-refractivity contribution is 5.76. The lowest BCUT2D eigenvalue weighted by atomic mass is 10.1. The van der Waals surface area contributed by atoms with Crippen LogP contribution >= 0.6 is 0 Å². The Hall–Kier alpha value is -1.55. The summed E-state index contributed by atoms with van der Waals surface area (Å²) in [7, 11) is 0. The minimum atomic E-state index is 0.0606. The normalized spacial score (nSPS) is 22.9. The highest BCUT2D eigenvalue weighted by Crippen LogP contribution is 2.14. The highest BCUT2D eigenvalue weighted by Gasteiger charge is 2.25. The van der Waals surface area contributed by atoms with Gasteiger partial charge in [-0.2, -0.15) is 0 Å². The van der Waals surface area contributed by atoms with E-state index in [0.717, 1.165) is 18.6 Å². The van der Waals surface area contributed by atoms with Crippen molar-refractivity contribution >= 4 is 5.91 Å². The Morgan fingerprint density at radius 3 is 2.78 bits per heavy atom. The maximum Gasteiger partial charge on any atom is 0.220 e. The van der Waals surface area contributed by atoms with Gasteiger partial charge in [0.05, 0.1) is 12.1 Å². The number of hydrogen-bond acceptors (Lipinski definition) is 3. The van der Waals surface area contributed by atoms with Gasteiger partial charge in [-0.05, 0) is 37.5 Å². The second-order valence-electron chi connectivity index (χ2n) is 4.71. The molecule has 1 aliphatic heterocycles. The predicted molar refractivity (Wildman–Crippen MR) is 68.4 cm³/mol. The molecule has 1 aromatic rings. The number of aryl methyl sites for hydroxylation is 1. The van der Waals surface area contributed by atoms with Crippen molar-refractivity contribution in [2.24, 2.45) is 0 Å². The molecule has 0 unspecified atom stereocenters. The van der Waals surface area contributed by atoms with Gasteiger partial charge in [0.2, 0.25) is 5.91 Å². The lowest BCUT2D eigenvalue weighted by Crippen LogP contribution is -2.39. The van der Waals surface area contributed by atoms with E-state index in [1.54, 1.807) is 12.1 Å². The average molecular weight is 249 g/mol. The lowest BCUT2D eigenvalue weighted by molar-refractivity contribution is -0.122.